The van der Waals surface area contributed by atoms with Gasteiger partial charge in [0.1, 0.15) is 11.7 Å². The number of carbonyl (C=O) groups excluding carboxylic acids is 1. The molecule has 8 heteroatoms. The lowest BCUT2D eigenvalue weighted by Crippen LogP contribution is -2.54. The smallest absolute Gasteiger partial charge is 0.416 e. The summed E-state index contributed by atoms with van der Waals surface area (Å²) in [6.45, 7) is 4.69. The lowest BCUT2D eigenvalue weighted by atomic mass is 10.1. The van der Waals surface area contributed by atoms with Crippen LogP contribution in [0.5, 0.6) is 0 Å². The first kappa shape index (κ1) is 16.0. The van der Waals surface area contributed by atoms with Crippen molar-refractivity contribution in [2.45, 2.75) is 44.8 Å². The maximum absolute atomic E-state index is 12.4. The molecular weight excluding hydrogens is 267 g/mol. The molecular formula is C11H18F3NO4. The van der Waals surface area contributed by atoms with Crippen molar-refractivity contribution in [2.75, 3.05) is 19.7 Å². The third-order valence-corrected chi connectivity index (χ3v) is 2.43. The summed E-state index contributed by atoms with van der Waals surface area (Å²) in [4.78, 5) is 12.8. The number of aliphatic hydroxyl groups is 1. The molecule has 0 aromatic rings. The van der Waals surface area contributed by atoms with Gasteiger partial charge in [0.05, 0.1) is 13.2 Å². The van der Waals surface area contributed by atoms with E-state index in [-0.39, 0.29) is 19.7 Å². The fourth-order valence-electron chi connectivity index (χ4n) is 1.57. The number of halogens is 3. The molecule has 1 heterocycles. The highest BCUT2D eigenvalue weighted by atomic mass is 19.4. The van der Waals surface area contributed by atoms with E-state index in [1.807, 2.05) is 0 Å². The predicted octanol–water partition coefficient (Wildman–Crippen LogP) is 1.55. The second-order valence-electron chi connectivity index (χ2n) is 5.32. The highest BCUT2D eigenvalue weighted by molar-refractivity contribution is 5.68. The molecule has 1 amide bonds. The monoisotopic (exact) mass is 285 g/mol. The average molecular weight is 285 g/mol. The molecule has 0 spiro atoms. The van der Waals surface area contributed by atoms with Crippen molar-refractivity contribution in [1.82, 2.24) is 4.90 Å². The topological polar surface area (TPSA) is 59.0 Å². The van der Waals surface area contributed by atoms with E-state index in [1.54, 1.807) is 20.8 Å². The van der Waals surface area contributed by atoms with E-state index in [0.29, 0.717) is 0 Å². The number of nitrogens with zero attached hydrogens (tertiary/aromatic N) is 1. The van der Waals surface area contributed by atoms with Gasteiger partial charge in [-0.05, 0) is 20.8 Å². The van der Waals surface area contributed by atoms with Gasteiger partial charge in [0.25, 0.3) is 0 Å². The molecule has 1 aliphatic rings. The number of ether oxygens (including phenoxy) is 2. The maximum Gasteiger partial charge on any atom is 0.416 e. The van der Waals surface area contributed by atoms with Crippen molar-refractivity contribution in [3.63, 3.8) is 0 Å². The van der Waals surface area contributed by atoms with Gasteiger partial charge in [-0.1, -0.05) is 0 Å². The first-order valence-corrected chi connectivity index (χ1v) is 5.85. The molecule has 0 radical (unpaired) electrons. The van der Waals surface area contributed by atoms with E-state index < -0.39 is 30.1 Å². The summed E-state index contributed by atoms with van der Waals surface area (Å²) >= 11 is 0. The molecule has 0 bridgehead atoms. The van der Waals surface area contributed by atoms with E-state index in [2.05, 4.69) is 0 Å². The summed E-state index contributed by atoms with van der Waals surface area (Å²) in [6, 6.07) is 0. The Hall–Kier alpha value is -1.02. The molecule has 19 heavy (non-hydrogen) atoms. The summed E-state index contributed by atoms with van der Waals surface area (Å²) in [5, 5.41) is 9.11. The Morgan fingerprint density at radius 3 is 2.47 bits per heavy atom. The highest BCUT2D eigenvalue weighted by Gasteiger charge is 2.46. The fourth-order valence-corrected chi connectivity index (χ4v) is 1.57. The van der Waals surface area contributed by atoms with Crippen molar-refractivity contribution < 1.29 is 32.5 Å². The van der Waals surface area contributed by atoms with Gasteiger partial charge in [0.2, 0.25) is 0 Å². The van der Waals surface area contributed by atoms with E-state index in [4.69, 9.17) is 14.6 Å². The number of carbonyl (C=O) groups is 1. The van der Waals surface area contributed by atoms with Crippen molar-refractivity contribution in [1.29, 1.82) is 0 Å². The minimum atomic E-state index is -4.78. The van der Waals surface area contributed by atoms with Crippen molar-refractivity contribution in [2.24, 2.45) is 0 Å². The first-order chi connectivity index (χ1) is 8.50. The number of hydrogen-bond acceptors (Lipinski definition) is 4. The molecule has 1 rings (SSSR count). The van der Waals surface area contributed by atoms with Gasteiger partial charge < -0.3 is 19.5 Å². The number of aliphatic hydroxyl groups excluding tert-OH is 1. The Bertz CT molecular complexity index is 327. The summed E-state index contributed by atoms with van der Waals surface area (Å²) < 4.78 is 47.0. The average Bonchev–Trinajstić information content (AvgIpc) is 2.24. The van der Waals surface area contributed by atoms with Crippen LogP contribution in [0.4, 0.5) is 18.0 Å². The van der Waals surface area contributed by atoms with Crippen LogP contribution in [-0.2, 0) is 9.47 Å². The van der Waals surface area contributed by atoms with Gasteiger partial charge in [0, 0.05) is 6.54 Å². The van der Waals surface area contributed by atoms with Crippen LogP contribution in [-0.4, -0.2) is 59.8 Å². The highest BCUT2D eigenvalue weighted by Crippen LogP contribution is 2.26. The summed E-state index contributed by atoms with van der Waals surface area (Å²) in [7, 11) is 0. The first-order valence-electron chi connectivity index (χ1n) is 5.85. The number of amides is 1. The molecule has 2 atom stereocenters. The summed E-state index contributed by atoms with van der Waals surface area (Å²) in [5.41, 5.74) is -0.729. The molecule has 112 valence electrons. The van der Waals surface area contributed by atoms with Gasteiger partial charge in [-0.3, -0.25) is 0 Å². The zero-order chi connectivity index (χ0) is 14.8. The Balaban J connectivity index is 2.62. The van der Waals surface area contributed by atoms with E-state index in [9.17, 15) is 18.0 Å². The molecule has 1 N–H and O–H groups in total. The summed E-state index contributed by atoms with van der Waals surface area (Å²) in [6.07, 6.45) is -9.59. The number of morpholine rings is 1. The molecule has 0 aromatic heterocycles. The minimum absolute atomic E-state index is 0.0724. The summed E-state index contributed by atoms with van der Waals surface area (Å²) in [5.74, 6) is 0. The Labute approximate surface area is 109 Å². The SMILES string of the molecule is CC(C)(C)OC(=O)N1CCOC([C@H](O)C(F)(F)F)C1. The van der Waals surface area contributed by atoms with Crippen LogP contribution in [0, 0.1) is 0 Å². The molecule has 0 aromatic carbocycles. The van der Waals surface area contributed by atoms with Crippen LogP contribution in [0.2, 0.25) is 0 Å². The second kappa shape index (κ2) is 5.54. The van der Waals surface area contributed by atoms with E-state index >= 15 is 0 Å². The lowest BCUT2D eigenvalue weighted by molar-refractivity contribution is -0.243. The molecule has 0 aliphatic carbocycles. The van der Waals surface area contributed by atoms with Crippen LogP contribution < -0.4 is 0 Å². The zero-order valence-corrected chi connectivity index (χ0v) is 11.0. The van der Waals surface area contributed by atoms with Gasteiger partial charge in [-0.15, -0.1) is 0 Å². The molecule has 1 aliphatic heterocycles. The third kappa shape index (κ3) is 4.87. The number of hydrogen-bond donors (Lipinski definition) is 1. The minimum Gasteiger partial charge on any atom is -0.444 e. The Morgan fingerprint density at radius 1 is 1.42 bits per heavy atom. The third-order valence-electron chi connectivity index (χ3n) is 2.43. The Morgan fingerprint density at radius 2 is 2.00 bits per heavy atom. The zero-order valence-electron chi connectivity index (χ0n) is 11.0. The maximum atomic E-state index is 12.4. The van der Waals surface area contributed by atoms with Gasteiger partial charge in [-0.25, -0.2) is 4.79 Å². The molecule has 1 unspecified atom stereocenters. The van der Waals surface area contributed by atoms with Gasteiger partial charge >= 0.3 is 12.3 Å². The van der Waals surface area contributed by atoms with Crippen LogP contribution in [0.3, 0.4) is 0 Å². The van der Waals surface area contributed by atoms with Crippen molar-refractivity contribution >= 4 is 6.09 Å². The largest absolute Gasteiger partial charge is 0.444 e. The molecule has 1 saturated heterocycles. The second-order valence-corrected chi connectivity index (χ2v) is 5.32. The van der Waals surface area contributed by atoms with E-state index in [0.717, 1.165) is 4.90 Å². The van der Waals surface area contributed by atoms with Crippen molar-refractivity contribution in [3.05, 3.63) is 0 Å². The quantitative estimate of drug-likeness (QED) is 0.794. The predicted molar refractivity (Wildman–Crippen MR) is 59.6 cm³/mol. The number of alkyl halides is 3. The van der Waals surface area contributed by atoms with Crippen LogP contribution >= 0.6 is 0 Å². The van der Waals surface area contributed by atoms with Gasteiger partial charge in [-0.2, -0.15) is 13.2 Å². The fraction of sp³-hybridized carbons (Fsp3) is 0.909. The van der Waals surface area contributed by atoms with Crippen LogP contribution in [0.1, 0.15) is 20.8 Å². The normalized spacial score (nSPS) is 23.1. The van der Waals surface area contributed by atoms with E-state index in [1.165, 1.54) is 0 Å². The molecule has 0 saturated carbocycles. The Kier molecular flexibility index (Phi) is 4.67. The lowest BCUT2D eigenvalue weighted by Gasteiger charge is -2.36. The van der Waals surface area contributed by atoms with Crippen LogP contribution in [0.15, 0.2) is 0 Å². The van der Waals surface area contributed by atoms with Crippen molar-refractivity contribution in [3.8, 4) is 0 Å². The standard InChI is InChI=1S/C11H18F3NO4/c1-10(2,3)19-9(17)15-4-5-18-7(6-15)8(16)11(12,13)14/h7-8,16H,4-6H2,1-3H3/t7?,8-/m0/s1. The van der Waals surface area contributed by atoms with Crippen LogP contribution in [0.25, 0.3) is 0 Å². The number of rotatable bonds is 1. The van der Waals surface area contributed by atoms with Gasteiger partial charge in [0.15, 0.2) is 6.10 Å². The molecule has 1 fully saturated rings. The molecule has 5 nitrogen and oxygen atoms in total.